The first-order chi connectivity index (χ1) is 12.2. The molecule has 8 heteroatoms. The molecule has 0 radical (unpaired) electrons. The predicted molar refractivity (Wildman–Crippen MR) is 89.0 cm³/mol. The van der Waals surface area contributed by atoms with E-state index in [-0.39, 0.29) is 23.6 Å². The Labute approximate surface area is 147 Å². The maximum absolute atomic E-state index is 12.9. The molecule has 2 aliphatic heterocycles. The van der Waals surface area contributed by atoms with Gasteiger partial charge in [-0.1, -0.05) is 17.7 Å². The molecule has 0 saturated carbocycles. The molecule has 1 fully saturated rings. The fourth-order valence-corrected chi connectivity index (χ4v) is 3.78. The van der Waals surface area contributed by atoms with Gasteiger partial charge in [0.15, 0.2) is 5.82 Å². The average molecular weight is 354 g/mol. The zero-order valence-corrected chi connectivity index (χ0v) is 13.7. The summed E-state index contributed by atoms with van der Waals surface area (Å²) in [7, 11) is 0. The van der Waals surface area contributed by atoms with Gasteiger partial charge in [-0.3, -0.25) is 14.2 Å². The number of nitrogens with zero attached hydrogens (tertiary/aromatic N) is 4. The zero-order valence-electron chi connectivity index (χ0n) is 12.9. The van der Waals surface area contributed by atoms with Crippen LogP contribution in [0.2, 0.25) is 5.02 Å². The number of halogens is 1. The monoisotopic (exact) mass is 353 g/mol. The van der Waals surface area contributed by atoms with Crippen molar-refractivity contribution in [1.82, 2.24) is 24.4 Å². The van der Waals surface area contributed by atoms with E-state index in [1.165, 1.54) is 6.20 Å². The molecule has 0 bridgehead atoms. The summed E-state index contributed by atoms with van der Waals surface area (Å²) in [5, 5.41) is 0.397. The van der Waals surface area contributed by atoms with E-state index in [1.54, 1.807) is 34.1 Å². The van der Waals surface area contributed by atoms with E-state index in [1.807, 2.05) is 6.07 Å². The van der Waals surface area contributed by atoms with Crippen molar-refractivity contribution in [2.24, 2.45) is 0 Å². The first-order valence-corrected chi connectivity index (χ1v) is 8.26. The van der Waals surface area contributed by atoms with E-state index >= 15 is 0 Å². The zero-order chi connectivity index (χ0) is 17.1. The van der Waals surface area contributed by atoms with Crippen LogP contribution < -0.4 is 0 Å². The number of aromatic nitrogens is 4. The number of ketones is 1. The second kappa shape index (κ2) is 5.03. The van der Waals surface area contributed by atoms with Crippen LogP contribution in [-0.2, 0) is 0 Å². The van der Waals surface area contributed by atoms with Crippen LogP contribution >= 0.6 is 11.6 Å². The molecular formula is C17H12ClN5O2. The molecule has 5 rings (SSSR count). The van der Waals surface area contributed by atoms with E-state index < -0.39 is 0 Å². The smallest absolute Gasteiger partial charge is 0.258 e. The van der Waals surface area contributed by atoms with Crippen LogP contribution in [0, 0.1) is 0 Å². The molecule has 1 aromatic carbocycles. The Morgan fingerprint density at radius 2 is 2.20 bits per heavy atom. The minimum absolute atomic E-state index is 0.114. The van der Waals surface area contributed by atoms with E-state index in [9.17, 15) is 9.59 Å². The maximum Gasteiger partial charge on any atom is 0.258 e. The molecule has 2 aromatic heterocycles. The van der Waals surface area contributed by atoms with Gasteiger partial charge in [0.25, 0.3) is 5.91 Å². The van der Waals surface area contributed by atoms with Gasteiger partial charge in [0.2, 0.25) is 5.78 Å². The average Bonchev–Trinajstić information content (AvgIpc) is 3.21. The van der Waals surface area contributed by atoms with Gasteiger partial charge in [-0.05, 0) is 18.6 Å². The lowest BCUT2D eigenvalue weighted by Crippen LogP contribution is -2.45. The molecule has 4 heterocycles. The first kappa shape index (κ1) is 14.4. The highest BCUT2D eigenvalue weighted by Crippen LogP contribution is 2.42. The molecule has 25 heavy (non-hydrogen) atoms. The van der Waals surface area contributed by atoms with Crippen molar-refractivity contribution in [3.63, 3.8) is 0 Å². The van der Waals surface area contributed by atoms with Gasteiger partial charge in [-0.15, -0.1) is 0 Å². The molecule has 1 N–H and O–H groups in total. The van der Waals surface area contributed by atoms with Gasteiger partial charge < -0.3 is 9.88 Å². The van der Waals surface area contributed by atoms with E-state index in [0.29, 0.717) is 34.2 Å². The standard InChI is InChI=1S/C17H12ClN5O2/c18-9-2-1-3-10-12(9)17(25)22-7-4-11(22)14-13(21-8-23(10)14)15(24)16-19-5-6-20-16/h1-3,5-6,8,11H,4,7H2,(H,19,20)/t11-/m0/s1. The number of benzene rings is 1. The van der Waals surface area contributed by atoms with Gasteiger partial charge in [-0.25, -0.2) is 9.97 Å². The lowest BCUT2D eigenvalue weighted by atomic mass is 9.96. The summed E-state index contributed by atoms with van der Waals surface area (Å²) in [6.07, 6.45) is 5.48. The third kappa shape index (κ3) is 1.87. The molecular weight excluding hydrogens is 342 g/mol. The summed E-state index contributed by atoms with van der Waals surface area (Å²) < 4.78 is 1.80. The Morgan fingerprint density at radius 1 is 1.32 bits per heavy atom. The Hall–Kier alpha value is -2.93. The summed E-state index contributed by atoms with van der Waals surface area (Å²) in [6.45, 7) is 0.633. The second-order valence-electron chi connectivity index (χ2n) is 6.05. The SMILES string of the molecule is O=C(c1ncc[nH]1)c1ncn2c1[C@@H]1CCN1C(=O)c1c(Cl)cccc1-2. The van der Waals surface area contributed by atoms with Crippen molar-refractivity contribution in [1.29, 1.82) is 0 Å². The highest BCUT2D eigenvalue weighted by molar-refractivity contribution is 6.34. The molecule has 3 aromatic rings. The van der Waals surface area contributed by atoms with Crippen molar-refractivity contribution in [2.75, 3.05) is 6.54 Å². The Morgan fingerprint density at radius 3 is 2.92 bits per heavy atom. The van der Waals surface area contributed by atoms with Gasteiger partial charge in [0, 0.05) is 18.9 Å². The summed E-state index contributed by atoms with van der Waals surface area (Å²) in [4.78, 5) is 38.6. The number of carbonyl (C=O) groups excluding carboxylic acids is 2. The lowest BCUT2D eigenvalue weighted by Gasteiger charge is -2.39. The quantitative estimate of drug-likeness (QED) is 0.717. The normalized spacial score (nSPS) is 18.0. The van der Waals surface area contributed by atoms with Crippen molar-refractivity contribution < 1.29 is 9.59 Å². The number of nitrogens with one attached hydrogen (secondary N) is 1. The lowest BCUT2D eigenvalue weighted by molar-refractivity contribution is 0.0457. The molecule has 1 saturated heterocycles. The number of amides is 1. The molecule has 1 amide bonds. The largest absolute Gasteiger partial charge is 0.342 e. The molecule has 0 unspecified atom stereocenters. The van der Waals surface area contributed by atoms with Crippen LogP contribution in [-0.4, -0.2) is 42.7 Å². The van der Waals surface area contributed by atoms with Crippen molar-refractivity contribution in [2.45, 2.75) is 12.5 Å². The number of fused-ring (bicyclic) bond motifs is 5. The highest BCUT2D eigenvalue weighted by atomic mass is 35.5. The van der Waals surface area contributed by atoms with Crippen molar-refractivity contribution >= 4 is 23.3 Å². The van der Waals surface area contributed by atoms with Gasteiger partial charge >= 0.3 is 0 Å². The molecule has 0 aliphatic carbocycles. The van der Waals surface area contributed by atoms with Crippen LogP contribution in [0.5, 0.6) is 0 Å². The Bertz CT molecular complexity index is 1020. The molecule has 2 aliphatic rings. The minimum Gasteiger partial charge on any atom is -0.342 e. The van der Waals surface area contributed by atoms with Crippen LogP contribution in [0.4, 0.5) is 0 Å². The maximum atomic E-state index is 12.9. The topological polar surface area (TPSA) is 83.9 Å². The number of carbonyl (C=O) groups is 2. The van der Waals surface area contributed by atoms with E-state index in [0.717, 1.165) is 6.42 Å². The Balaban J connectivity index is 1.76. The number of H-pyrrole nitrogens is 1. The summed E-state index contributed by atoms with van der Waals surface area (Å²) >= 11 is 6.30. The highest BCUT2D eigenvalue weighted by Gasteiger charge is 2.43. The fourth-order valence-electron chi connectivity index (χ4n) is 3.53. The predicted octanol–water partition coefficient (Wildman–Crippen LogP) is 2.38. The van der Waals surface area contributed by atoms with Gasteiger partial charge in [0.05, 0.1) is 28.0 Å². The Kier molecular flexibility index (Phi) is 2.90. The van der Waals surface area contributed by atoms with Crippen LogP contribution in [0.25, 0.3) is 5.69 Å². The molecule has 7 nitrogen and oxygen atoms in total. The number of aromatic amines is 1. The molecule has 1 atom stereocenters. The van der Waals surface area contributed by atoms with Gasteiger partial charge in [-0.2, -0.15) is 0 Å². The molecule has 0 spiro atoms. The summed E-state index contributed by atoms with van der Waals surface area (Å²) in [5.74, 6) is -0.172. The van der Waals surface area contributed by atoms with E-state index in [2.05, 4.69) is 15.0 Å². The van der Waals surface area contributed by atoms with Crippen LogP contribution in [0.1, 0.15) is 44.8 Å². The number of rotatable bonds is 2. The van der Waals surface area contributed by atoms with Crippen LogP contribution in [0.15, 0.2) is 36.9 Å². The van der Waals surface area contributed by atoms with Crippen molar-refractivity contribution in [3.05, 3.63) is 64.7 Å². The third-order valence-corrected chi connectivity index (χ3v) is 5.11. The summed E-state index contributed by atoms with van der Waals surface area (Å²) in [5.41, 5.74) is 2.11. The minimum atomic E-state index is -0.288. The van der Waals surface area contributed by atoms with Crippen molar-refractivity contribution in [3.8, 4) is 5.69 Å². The number of imidazole rings is 2. The summed E-state index contributed by atoms with van der Waals surface area (Å²) in [6, 6.07) is 5.11. The van der Waals surface area contributed by atoms with Gasteiger partial charge in [0.1, 0.15) is 12.0 Å². The van der Waals surface area contributed by atoms with E-state index in [4.69, 9.17) is 11.6 Å². The van der Waals surface area contributed by atoms with Crippen LogP contribution in [0.3, 0.4) is 0 Å². The second-order valence-corrected chi connectivity index (χ2v) is 6.46. The third-order valence-electron chi connectivity index (χ3n) is 4.79. The molecule has 124 valence electrons. The first-order valence-electron chi connectivity index (χ1n) is 7.88. The number of hydrogen-bond donors (Lipinski definition) is 1. The fraction of sp³-hybridized carbons (Fsp3) is 0.176. The number of hydrogen-bond acceptors (Lipinski definition) is 4.